The Hall–Kier alpha value is -3.32. The van der Waals surface area contributed by atoms with E-state index < -0.39 is 0 Å². The van der Waals surface area contributed by atoms with Gasteiger partial charge in [-0.05, 0) is 44.0 Å². The number of aromatic nitrogens is 1. The lowest BCUT2D eigenvalue weighted by atomic mass is 10.1. The van der Waals surface area contributed by atoms with Crippen LogP contribution in [0.25, 0.3) is 10.9 Å². The number of pyridine rings is 1. The van der Waals surface area contributed by atoms with Gasteiger partial charge in [0.05, 0.1) is 5.52 Å². The van der Waals surface area contributed by atoms with Gasteiger partial charge in [0.1, 0.15) is 0 Å². The monoisotopic (exact) mass is 495 g/mol. The summed E-state index contributed by atoms with van der Waals surface area (Å²) in [5.74, 6) is 0.225. The summed E-state index contributed by atoms with van der Waals surface area (Å²) >= 11 is 6.00. The highest BCUT2D eigenvalue weighted by molar-refractivity contribution is 6.31. The maximum Gasteiger partial charge on any atom is 0.314 e. The minimum atomic E-state index is -0.351. The van der Waals surface area contributed by atoms with E-state index in [1.165, 1.54) is 12.0 Å². The van der Waals surface area contributed by atoms with Crippen molar-refractivity contribution in [2.24, 2.45) is 5.73 Å². The van der Waals surface area contributed by atoms with Crippen LogP contribution in [0.2, 0.25) is 5.02 Å². The van der Waals surface area contributed by atoms with Crippen molar-refractivity contribution in [1.29, 1.82) is 0 Å². The van der Waals surface area contributed by atoms with E-state index in [1.54, 1.807) is 11.1 Å². The first-order chi connectivity index (χ1) is 16.9. The molecular weight excluding hydrogens is 462 g/mol. The van der Waals surface area contributed by atoms with Crippen LogP contribution in [-0.4, -0.2) is 54.5 Å². The molecule has 0 radical (unpaired) electrons. The number of halogens is 1. The fourth-order valence-electron chi connectivity index (χ4n) is 3.99. The topological polar surface area (TPSA) is 91.6 Å². The molecule has 3 aromatic rings. The number of fused-ring (bicyclic) bond motifs is 1. The van der Waals surface area contributed by atoms with Crippen molar-refractivity contribution in [2.45, 2.75) is 32.6 Å². The lowest BCUT2D eigenvalue weighted by Gasteiger charge is -2.35. The maximum absolute atomic E-state index is 11.2. The van der Waals surface area contributed by atoms with E-state index in [0.29, 0.717) is 18.1 Å². The number of urea groups is 1. The molecule has 0 atom stereocenters. The van der Waals surface area contributed by atoms with Gasteiger partial charge >= 0.3 is 6.03 Å². The van der Waals surface area contributed by atoms with E-state index >= 15 is 0 Å². The Labute approximate surface area is 212 Å². The highest BCUT2D eigenvalue weighted by Gasteiger charge is 2.20. The first-order valence-corrected chi connectivity index (χ1v) is 12.4. The molecule has 2 aliphatic heterocycles. The standard InChI is InChI=1S/C14H15ClN4O.C7H8.C6H11NO/c15-10-1-2-11-12(9-10)17-4-3-13(11)18-5-7-19(8-6-18)14(16)20;1-7-5-3-2-4-6-7;8-6-4-2-1-3-5-7-6/h1-4,9H,5-8H2,(H2,16,20);2-6H,1H3;1-5H2,(H,7,8). The molecule has 0 bridgehead atoms. The summed E-state index contributed by atoms with van der Waals surface area (Å²) < 4.78 is 0. The maximum atomic E-state index is 11.2. The van der Waals surface area contributed by atoms with Gasteiger partial charge in [-0.25, -0.2) is 4.79 Å². The number of nitrogens with two attached hydrogens (primary N) is 1. The Morgan fingerprint density at radius 2 is 1.74 bits per heavy atom. The highest BCUT2D eigenvalue weighted by atomic mass is 35.5. The molecule has 2 aromatic carbocycles. The second kappa shape index (κ2) is 13.5. The van der Waals surface area contributed by atoms with E-state index in [4.69, 9.17) is 17.3 Å². The SMILES string of the molecule is Cc1ccccc1.NC(=O)N1CCN(c2ccnc3cc(Cl)ccc23)CC1.O=C1CCCCCN1. The van der Waals surface area contributed by atoms with Crippen LogP contribution in [0.15, 0.2) is 60.8 Å². The van der Waals surface area contributed by atoms with E-state index in [0.717, 1.165) is 55.5 Å². The van der Waals surface area contributed by atoms with Crippen LogP contribution < -0.4 is 16.0 Å². The predicted octanol–water partition coefficient (Wildman–Crippen LogP) is 4.76. The van der Waals surface area contributed by atoms with Gasteiger partial charge in [-0.2, -0.15) is 0 Å². The molecule has 186 valence electrons. The van der Waals surface area contributed by atoms with E-state index in [-0.39, 0.29) is 11.9 Å². The third-order valence-corrected chi connectivity index (χ3v) is 6.19. The molecule has 2 saturated heterocycles. The molecule has 3 amide bonds. The Morgan fingerprint density at radius 3 is 2.40 bits per heavy atom. The second-order valence-corrected chi connectivity index (χ2v) is 9.06. The molecule has 0 unspecified atom stereocenters. The number of rotatable bonds is 1. The van der Waals surface area contributed by atoms with Gasteiger partial charge < -0.3 is 20.9 Å². The number of primary amides is 1. The van der Waals surface area contributed by atoms with Gasteiger partial charge in [-0.15, -0.1) is 0 Å². The largest absolute Gasteiger partial charge is 0.367 e. The summed E-state index contributed by atoms with van der Waals surface area (Å²) in [6, 6.07) is 17.6. The van der Waals surface area contributed by atoms with Gasteiger partial charge in [-0.3, -0.25) is 9.78 Å². The smallest absolute Gasteiger partial charge is 0.314 e. The van der Waals surface area contributed by atoms with Crippen molar-refractivity contribution in [1.82, 2.24) is 15.2 Å². The van der Waals surface area contributed by atoms with Crippen molar-refractivity contribution < 1.29 is 9.59 Å². The number of anilines is 1. The average Bonchev–Trinajstić information content (AvgIpc) is 3.12. The molecule has 3 heterocycles. The Kier molecular flexibility index (Phi) is 10.2. The molecule has 2 aliphatic rings. The zero-order valence-corrected chi connectivity index (χ0v) is 21.0. The van der Waals surface area contributed by atoms with Gasteiger partial charge in [0.25, 0.3) is 0 Å². The van der Waals surface area contributed by atoms with Crippen molar-refractivity contribution in [3.8, 4) is 0 Å². The fraction of sp³-hybridized carbons (Fsp3) is 0.370. The summed E-state index contributed by atoms with van der Waals surface area (Å²) in [4.78, 5) is 30.0. The first kappa shape index (κ1) is 26.3. The third kappa shape index (κ3) is 8.44. The first-order valence-electron chi connectivity index (χ1n) is 12.1. The quantitative estimate of drug-likeness (QED) is 0.509. The van der Waals surface area contributed by atoms with Gasteiger partial charge in [-0.1, -0.05) is 53.9 Å². The van der Waals surface area contributed by atoms with Crippen molar-refractivity contribution >= 4 is 40.1 Å². The zero-order valence-electron chi connectivity index (χ0n) is 20.3. The van der Waals surface area contributed by atoms with Crippen LogP contribution in [0.1, 0.15) is 31.2 Å². The summed E-state index contributed by atoms with van der Waals surface area (Å²) in [6.07, 6.45) is 5.96. The minimum Gasteiger partial charge on any atom is -0.367 e. The number of nitrogens with one attached hydrogen (secondary N) is 1. The third-order valence-electron chi connectivity index (χ3n) is 5.96. The number of hydrogen-bond donors (Lipinski definition) is 2. The van der Waals surface area contributed by atoms with Crippen LogP contribution >= 0.6 is 11.6 Å². The number of carbonyl (C=O) groups excluding carboxylic acids is 2. The number of nitrogens with zero attached hydrogens (tertiary/aromatic N) is 3. The van der Waals surface area contributed by atoms with Crippen LogP contribution in [-0.2, 0) is 4.79 Å². The molecule has 7 nitrogen and oxygen atoms in total. The number of benzene rings is 2. The molecule has 2 fully saturated rings. The number of piperazine rings is 1. The number of amides is 3. The summed E-state index contributed by atoms with van der Waals surface area (Å²) in [5, 5.41) is 4.56. The van der Waals surface area contributed by atoms with Crippen LogP contribution in [0.5, 0.6) is 0 Å². The van der Waals surface area contributed by atoms with Crippen LogP contribution in [0.4, 0.5) is 10.5 Å². The van der Waals surface area contributed by atoms with Gasteiger partial charge in [0.2, 0.25) is 5.91 Å². The van der Waals surface area contributed by atoms with Crippen molar-refractivity contribution in [2.75, 3.05) is 37.6 Å². The summed E-state index contributed by atoms with van der Waals surface area (Å²) in [6.45, 7) is 5.80. The van der Waals surface area contributed by atoms with Gasteiger partial charge in [0, 0.05) is 61.4 Å². The predicted molar refractivity (Wildman–Crippen MR) is 143 cm³/mol. The Bertz CT molecular complexity index is 1090. The van der Waals surface area contributed by atoms with Crippen molar-refractivity contribution in [3.05, 3.63) is 71.4 Å². The molecule has 0 aliphatic carbocycles. The van der Waals surface area contributed by atoms with E-state index in [1.807, 2.05) is 42.5 Å². The number of carbonyl (C=O) groups is 2. The molecule has 0 spiro atoms. The molecule has 3 N–H and O–H groups in total. The molecule has 8 heteroatoms. The average molecular weight is 496 g/mol. The minimum absolute atomic E-state index is 0.225. The lowest BCUT2D eigenvalue weighted by molar-refractivity contribution is -0.120. The van der Waals surface area contributed by atoms with Crippen LogP contribution in [0.3, 0.4) is 0 Å². The fourth-order valence-corrected chi connectivity index (χ4v) is 4.15. The van der Waals surface area contributed by atoms with E-state index in [2.05, 4.69) is 34.3 Å². The molecule has 35 heavy (non-hydrogen) atoms. The molecule has 5 rings (SSSR count). The molecule has 0 saturated carbocycles. The summed E-state index contributed by atoms with van der Waals surface area (Å²) in [7, 11) is 0. The van der Waals surface area contributed by atoms with E-state index in [9.17, 15) is 9.59 Å². The molecule has 1 aromatic heterocycles. The van der Waals surface area contributed by atoms with Gasteiger partial charge in [0.15, 0.2) is 0 Å². The zero-order chi connectivity index (χ0) is 25.0. The van der Waals surface area contributed by atoms with Crippen LogP contribution in [0, 0.1) is 6.92 Å². The number of aryl methyl sites for hydroxylation is 1. The second-order valence-electron chi connectivity index (χ2n) is 8.62. The number of hydrogen-bond acceptors (Lipinski definition) is 4. The Balaban J connectivity index is 0.000000186. The Morgan fingerprint density at radius 1 is 1.00 bits per heavy atom. The summed E-state index contributed by atoms with van der Waals surface area (Å²) in [5.41, 5.74) is 8.63. The lowest BCUT2D eigenvalue weighted by Crippen LogP contribution is -2.50. The highest BCUT2D eigenvalue weighted by Crippen LogP contribution is 2.28. The van der Waals surface area contributed by atoms with Crippen molar-refractivity contribution in [3.63, 3.8) is 0 Å². The normalized spacial score (nSPS) is 15.7. The molecular formula is C27H34ClN5O2.